The lowest BCUT2D eigenvalue weighted by molar-refractivity contribution is 0.577. The highest BCUT2D eigenvalue weighted by atomic mass is 35.5. The second-order valence-electron chi connectivity index (χ2n) is 2.31. The normalized spacial score (nSPS) is 10.1. The van der Waals surface area contributed by atoms with Gasteiger partial charge in [0.25, 0.3) is 5.95 Å². The van der Waals surface area contributed by atoms with Gasteiger partial charge in [-0.1, -0.05) is 23.2 Å². The van der Waals surface area contributed by atoms with Crippen molar-refractivity contribution in [1.82, 2.24) is 9.97 Å². The lowest BCUT2D eigenvalue weighted by atomic mass is 10.6. The molecule has 0 atom stereocenters. The summed E-state index contributed by atoms with van der Waals surface area (Å²) in [5.41, 5.74) is 0. The van der Waals surface area contributed by atoms with E-state index in [4.69, 9.17) is 23.2 Å². The van der Waals surface area contributed by atoms with E-state index in [1.54, 1.807) is 19.0 Å². The molecule has 0 saturated carbocycles. The molecule has 0 radical (unpaired) electrons. The maximum absolute atomic E-state index is 12.7. The molecule has 0 aliphatic carbocycles. The van der Waals surface area contributed by atoms with Crippen LogP contribution < -0.4 is 4.90 Å². The maximum Gasteiger partial charge on any atom is 0.252 e. The Hall–Kier alpha value is -0.610. The molecule has 0 bridgehead atoms. The van der Waals surface area contributed by atoms with Crippen molar-refractivity contribution in [1.29, 1.82) is 0 Å². The Bertz CT molecular complexity index is 303. The van der Waals surface area contributed by atoms with Crippen molar-refractivity contribution in [3.63, 3.8) is 0 Å². The Morgan fingerprint density at radius 2 is 1.75 bits per heavy atom. The Kier molecular flexibility index (Phi) is 2.69. The monoisotopic (exact) mass is 209 g/mol. The van der Waals surface area contributed by atoms with Gasteiger partial charge in [0.1, 0.15) is 0 Å². The first-order valence-corrected chi connectivity index (χ1v) is 3.84. The summed E-state index contributed by atoms with van der Waals surface area (Å²) in [5.74, 6) is -0.552. The van der Waals surface area contributed by atoms with Gasteiger partial charge in [0, 0.05) is 14.1 Å². The van der Waals surface area contributed by atoms with Crippen molar-refractivity contribution in [3.05, 3.63) is 16.3 Å². The third-order valence-corrected chi connectivity index (χ3v) is 1.67. The highest BCUT2D eigenvalue weighted by molar-refractivity contribution is 6.33. The van der Waals surface area contributed by atoms with Gasteiger partial charge in [0.05, 0.1) is 0 Å². The molecule has 1 rings (SSSR count). The van der Waals surface area contributed by atoms with Gasteiger partial charge >= 0.3 is 0 Å². The van der Waals surface area contributed by atoms with E-state index in [1.165, 1.54) is 0 Å². The molecule has 0 aliphatic heterocycles. The third kappa shape index (κ3) is 1.76. The van der Waals surface area contributed by atoms with Crippen LogP contribution in [0.15, 0.2) is 0 Å². The molecule has 66 valence electrons. The topological polar surface area (TPSA) is 29.0 Å². The van der Waals surface area contributed by atoms with E-state index in [-0.39, 0.29) is 16.1 Å². The van der Waals surface area contributed by atoms with E-state index in [2.05, 4.69) is 9.97 Å². The van der Waals surface area contributed by atoms with Gasteiger partial charge in [0.15, 0.2) is 16.1 Å². The van der Waals surface area contributed by atoms with Gasteiger partial charge in [-0.05, 0) is 0 Å². The molecule has 0 amide bonds. The van der Waals surface area contributed by atoms with Crippen LogP contribution in [0.1, 0.15) is 0 Å². The summed E-state index contributed by atoms with van der Waals surface area (Å²) >= 11 is 11.0. The van der Waals surface area contributed by atoms with Crippen molar-refractivity contribution >= 4 is 29.0 Å². The van der Waals surface area contributed by atoms with Crippen molar-refractivity contribution in [3.8, 4) is 0 Å². The Morgan fingerprint density at radius 3 is 2.25 bits per heavy atom. The smallest absolute Gasteiger partial charge is 0.252 e. The van der Waals surface area contributed by atoms with Crippen LogP contribution in [0.5, 0.6) is 0 Å². The van der Waals surface area contributed by atoms with Gasteiger partial charge < -0.3 is 4.90 Å². The highest BCUT2D eigenvalue weighted by Gasteiger charge is 2.11. The first kappa shape index (κ1) is 9.48. The van der Waals surface area contributed by atoms with Crippen LogP contribution in [0.2, 0.25) is 10.3 Å². The summed E-state index contributed by atoms with van der Waals surface area (Å²) < 4.78 is 12.7. The van der Waals surface area contributed by atoms with Crippen molar-refractivity contribution in [2.24, 2.45) is 0 Å². The predicted molar refractivity (Wildman–Crippen MR) is 46.3 cm³/mol. The maximum atomic E-state index is 12.7. The molecule has 1 heterocycles. The molecule has 0 aliphatic rings. The van der Waals surface area contributed by atoms with Crippen LogP contribution in [0.4, 0.5) is 10.2 Å². The minimum absolute atomic E-state index is 0.0893. The fraction of sp³-hybridized carbons (Fsp3) is 0.333. The average molecular weight is 210 g/mol. The van der Waals surface area contributed by atoms with Crippen molar-refractivity contribution < 1.29 is 4.39 Å². The average Bonchev–Trinajstić information content (AvgIpc) is 1.96. The van der Waals surface area contributed by atoms with Gasteiger partial charge in [-0.25, -0.2) is 4.98 Å². The Balaban J connectivity index is 3.23. The number of aromatic nitrogens is 2. The molecule has 1 aromatic heterocycles. The van der Waals surface area contributed by atoms with Crippen LogP contribution in [0.25, 0.3) is 0 Å². The minimum atomic E-state index is -0.815. The van der Waals surface area contributed by atoms with Crippen LogP contribution >= 0.6 is 23.2 Å². The molecule has 1 aromatic rings. The molecule has 12 heavy (non-hydrogen) atoms. The van der Waals surface area contributed by atoms with Gasteiger partial charge in [-0.3, -0.25) is 0 Å². The molecule has 0 saturated heterocycles. The fourth-order valence-corrected chi connectivity index (χ4v) is 1.12. The number of anilines is 1. The summed E-state index contributed by atoms with van der Waals surface area (Å²) in [6, 6.07) is 0. The van der Waals surface area contributed by atoms with E-state index >= 15 is 0 Å². The summed E-state index contributed by atoms with van der Waals surface area (Å²) in [5, 5.41) is -0.225. The zero-order chi connectivity index (χ0) is 9.30. The molecule has 0 N–H and O–H groups in total. The second kappa shape index (κ2) is 3.41. The Labute approximate surface area is 79.1 Å². The van der Waals surface area contributed by atoms with Gasteiger partial charge in [-0.15, -0.1) is 0 Å². The van der Waals surface area contributed by atoms with Crippen LogP contribution in [-0.2, 0) is 0 Å². The molecular formula is C6H6Cl2FN3. The summed E-state index contributed by atoms with van der Waals surface area (Å²) in [4.78, 5) is 8.60. The molecule has 6 heteroatoms. The quantitative estimate of drug-likeness (QED) is 0.709. The van der Waals surface area contributed by atoms with Crippen molar-refractivity contribution in [2.75, 3.05) is 19.0 Å². The molecule has 0 unspecified atom stereocenters. The lowest BCUT2D eigenvalue weighted by Crippen LogP contribution is -2.13. The summed E-state index contributed by atoms with van der Waals surface area (Å²) in [6.07, 6.45) is 0. The first-order valence-electron chi connectivity index (χ1n) is 3.08. The van der Waals surface area contributed by atoms with E-state index in [0.717, 1.165) is 0 Å². The third-order valence-electron chi connectivity index (χ3n) is 1.18. The SMILES string of the molecule is CN(C)c1nc(F)c(Cl)nc1Cl. The van der Waals surface area contributed by atoms with Crippen molar-refractivity contribution in [2.45, 2.75) is 0 Å². The number of nitrogens with zero attached hydrogens (tertiary/aromatic N) is 3. The van der Waals surface area contributed by atoms with Crippen LogP contribution in [-0.4, -0.2) is 24.1 Å². The second-order valence-corrected chi connectivity index (χ2v) is 3.03. The van der Waals surface area contributed by atoms with Gasteiger partial charge in [0.2, 0.25) is 0 Å². The lowest BCUT2D eigenvalue weighted by Gasteiger charge is -2.11. The van der Waals surface area contributed by atoms with E-state index in [9.17, 15) is 4.39 Å². The number of hydrogen-bond donors (Lipinski definition) is 0. The largest absolute Gasteiger partial charge is 0.360 e. The summed E-state index contributed by atoms with van der Waals surface area (Å²) in [6.45, 7) is 0. The van der Waals surface area contributed by atoms with Gasteiger partial charge in [-0.2, -0.15) is 9.37 Å². The number of halogens is 3. The van der Waals surface area contributed by atoms with E-state index < -0.39 is 5.95 Å². The van der Waals surface area contributed by atoms with Crippen LogP contribution in [0, 0.1) is 5.95 Å². The fourth-order valence-electron chi connectivity index (χ4n) is 0.652. The molecule has 3 nitrogen and oxygen atoms in total. The molecule has 0 aromatic carbocycles. The standard InChI is InChI=1S/C6H6Cl2FN3/c1-12(2)6-4(8)10-3(7)5(9)11-6/h1-2H3. The number of rotatable bonds is 1. The van der Waals surface area contributed by atoms with E-state index in [0.29, 0.717) is 0 Å². The van der Waals surface area contributed by atoms with E-state index in [1.807, 2.05) is 0 Å². The zero-order valence-electron chi connectivity index (χ0n) is 6.48. The molecular weight excluding hydrogens is 204 g/mol. The first-order chi connectivity index (χ1) is 5.52. The number of hydrogen-bond acceptors (Lipinski definition) is 3. The molecule has 0 fully saturated rings. The Morgan fingerprint density at radius 1 is 1.17 bits per heavy atom. The predicted octanol–water partition coefficient (Wildman–Crippen LogP) is 1.99. The van der Waals surface area contributed by atoms with Crippen LogP contribution in [0.3, 0.4) is 0 Å². The molecule has 0 spiro atoms. The minimum Gasteiger partial charge on any atom is -0.360 e. The highest BCUT2D eigenvalue weighted by Crippen LogP contribution is 2.22. The summed E-state index contributed by atoms with van der Waals surface area (Å²) in [7, 11) is 3.37. The zero-order valence-corrected chi connectivity index (χ0v) is 7.99.